The Bertz CT molecular complexity index is 1510. The molecular weight excluding hydrogens is 462 g/mol. The minimum Gasteiger partial charge on any atom is -0.497 e. The molecule has 1 amide bonds. The average molecular weight is 486 g/mol. The van der Waals surface area contributed by atoms with Crippen LogP contribution in [-0.4, -0.2) is 63.3 Å². The lowest BCUT2D eigenvalue weighted by Crippen LogP contribution is -2.28. The van der Waals surface area contributed by atoms with Crippen LogP contribution in [0.5, 0.6) is 17.4 Å². The van der Waals surface area contributed by atoms with Crippen LogP contribution in [0.1, 0.15) is 10.5 Å². The maximum atomic E-state index is 12.5. The van der Waals surface area contributed by atoms with Crippen molar-refractivity contribution < 1.29 is 19.0 Å². The number of H-pyrrole nitrogens is 1. The molecule has 0 unspecified atom stereocenters. The summed E-state index contributed by atoms with van der Waals surface area (Å²) < 4.78 is 17.9. The minimum absolute atomic E-state index is 0.220. The molecule has 3 heterocycles. The number of carbonyl (C=O) groups excluding carboxylic acids is 1. The van der Waals surface area contributed by atoms with E-state index in [2.05, 4.69) is 30.8 Å². The Labute approximate surface area is 206 Å². The van der Waals surface area contributed by atoms with Gasteiger partial charge < -0.3 is 19.5 Å². The van der Waals surface area contributed by atoms with Crippen molar-refractivity contribution in [2.24, 2.45) is 0 Å². The van der Waals surface area contributed by atoms with Gasteiger partial charge in [0.15, 0.2) is 11.5 Å². The van der Waals surface area contributed by atoms with E-state index in [0.29, 0.717) is 40.2 Å². The Balaban J connectivity index is 1.19. The molecule has 5 rings (SSSR count). The van der Waals surface area contributed by atoms with Gasteiger partial charge in [-0.15, -0.1) is 15.3 Å². The molecule has 0 fully saturated rings. The molecule has 0 atom stereocenters. The number of amides is 1. The van der Waals surface area contributed by atoms with E-state index in [1.165, 1.54) is 0 Å². The van der Waals surface area contributed by atoms with Crippen molar-refractivity contribution in [3.63, 3.8) is 0 Å². The second-order valence-electron chi connectivity index (χ2n) is 7.70. The Hall–Kier alpha value is -4.93. The second-order valence-corrected chi connectivity index (χ2v) is 7.70. The summed E-state index contributed by atoms with van der Waals surface area (Å²) in [5, 5.41) is 22.7. The largest absolute Gasteiger partial charge is 0.497 e. The number of hydrogen-bond donors (Lipinski definition) is 2. The van der Waals surface area contributed by atoms with E-state index in [-0.39, 0.29) is 19.1 Å². The number of hydrogen-bond acceptors (Lipinski definition) is 8. The molecule has 0 aliphatic rings. The van der Waals surface area contributed by atoms with Crippen molar-refractivity contribution in [3.05, 3.63) is 72.4 Å². The van der Waals surface area contributed by atoms with Crippen molar-refractivity contribution >= 4 is 11.6 Å². The molecule has 11 nitrogen and oxygen atoms in total. The van der Waals surface area contributed by atoms with E-state index in [0.717, 1.165) is 11.1 Å². The highest BCUT2D eigenvalue weighted by Gasteiger charge is 2.13. The minimum atomic E-state index is -0.289. The van der Waals surface area contributed by atoms with Crippen molar-refractivity contribution in [3.8, 4) is 40.0 Å². The molecule has 2 aromatic carbocycles. The molecule has 182 valence electrons. The van der Waals surface area contributed by atoms with Crippen LogP contribution >= 0.6 is 0 Å². The Kier molecular flexibility index (Phi) is 6.43. The summed E-state index contributed by atoms with van der Waals surface area (Å²) in [7, 11) is 3.21. The summed E-state index contributed by atoms with van der Waals surface area (Å²) in [6.45, 7) is 0.495. The molecule has 11 heteroatoms. The van der Waals surface area contributed by atoms with Crippen LogP contribution < -0.4 is 19.5 Å². The number of carbonyl (C=O) groups is 1. The number of methoxy groups -OCH3 is 2. The maximum Gasteiger partial charge on any atom is 0.269 e. The van der Waals surface area contributed by atoms with Crippen LogP contribution in [0.15, 0.2) is 66.7 Å². The van der Waals surface area contributed by atoms with E-state index in [1.54, 1.807) is 36.9 Å². The Morgan fingerprint density at radius 1 is 0.944 bits per heavy atom. The zero-order valence-electron chi connectivity index (χ0n) is 19.6. The van der Waals surface area contributed by atoms with Crippen molar-refractivity contribution in [1.82, 2.24) is 35.3 Å². The van der Waals surface area contributed by atoms with Crippen LogP contribution in [0.4, 0.5) is 0 Å². The van der Waals surface area contributed by atoms with Crippen LogP contribution in [-0.2, 0) is 0 Å². The van der Waals surface area contributed by atoms with Gasteiger partial charge in [0.25, 0.3) is 5.91 Å². The summed E-state index contributed by atoms with van der Waals surface area (Å²) in [5.74, 6) is 2.08. The third kappa shape index (κ3) is 4.80. The zero-order valence-corrected chi connectivity index (χ0v) is 19.6. The van der Waals surface area contributed by atoms with Crippen molar-refractivity contribution in [1.29, 1.82) is 0 Å². The number of nitrogens with one attached hydrogen (secondary N) is 2. The smallest absolute Gasteiger partial charge is 0.269 e. The number of aromatic amines is 1. The number of aromatic nitrogens is 6. The van der Waals surface area contributed by atoms with Gasteiger partial charge in [0.05, 0.1) is 26.5 Å². The van der Waals surface area contributed by atoms with Gasteiger partial charge in [0, 0.05) is 17.2 Å². The SMILES string of the molecule is COc1cccc(-c2cc(C(=O)NCCOc3ccc4nnc(-c5cccc(OC)c5)n4n3)[nH]n2)c1. The fraction of sp³-hybridized carbons (Fsp3) is 0.160. The van der Waals surface area contributed by atoms with Crippen molar-refractivity contribution in [2.45, 2.75) is 0 Å². The van der Waals surface area contributed by atoms with Gasteiger partial charge >= 0.3 is 0 Å². The zero-order chi connectivity index (χ0) is 24.9. The van der Waals surface area contributed by atoms with Gasteiger partial charge in [-0.25, -0.2) is 0 Å². The molecule has 3 aromatic heterocycles. The third-order valence-electron chi connectivity index (χ3n) is 5.39. The highest BCUT2D eigenvalue weighted by atomic mass is 16.5. The highest BCUT2D eigenvalue weighted by Crippen LogP contribution is 2.24. The number of fused-ring (bicyclic) bond motifs is 1. The first-order chi connectivity index (χ1) is 17.6. The number of ether oxygens (including phenoxy) is 3. The lowest BCUT2D eigenvalue weighted by Gasteiger charge is -2.07. The predicted octanol–water partition coefficient (Wildman–Crippen LogP) is 3.01. The van der Waals surface area contributed by atoms with Gasteiger partial charge in [-0.1, -0.05) is 24.3 Å². The third-order valence-corrected chi connectivity index (χ3v) is 5.39. The lowest BCUT2D eigenvalue weighted by atomic mass is 10.1. The number of nitrogens with zero attached hydrogens (tertiary/aromatic N) is 5. The standard InChI is InChI=1S/C25H23N7O4/c1-34-18-7-3-5-16(13-18)20-15-21(28-27-20)25(33)26-11-12-36-23-10-9-22-29-30-24(32(22)31-23)17-6-4-8-19(14-17)35-2/h3-10,13-15H,11-12H2,1-2H3,(H,26,33)(H,27,28). The molecular formula is C25H23N7O4. The van der Waals surface area contributed by atoms with Crippen LogP contribution in [0.25, 0.3) is 28.3 Å². The lowest BCUT2D eigenvalue weighted by molar-refractivity contribution is 0.0941. The van der Waals surface area contributed by atoms with Crippen LogP contribution in [0.3, 0.4) is 0 Å². The fourth-order valence-electron chi connectivity index (χ4n) is 3.57. The van der Waals surface area contributed by atoms with Gasteiger partial charge in [0.1, 0.15) is 23.8 Å². The summed E-state index contributed by atoms with van der Waals surface area (Å²) in [4.78, 5) is 12.5. The van der Waals surface area contributed by atoms with Crippen LogP contribution in [0.2, 0.25) is 0 Å². The highest BCUT2D eigenvalue weighted by molar-refractivity contribution is 5.93. The topological polar surface area (TPSA) is 129 Å². The van der Waals surface area contributed by atoms with Crippen LogP contribution in [0, 0.1) is 0 Å². The fourth-order valence-corrected chi connectivity index (χ4v) is 3.57. The molecule has 36 heavy (non-hydrogen) atoms. The molecule has 0 bridgehead atoms. The first kappa shape index (κ1) is 22.8. The summed E-state index contributed by atoms with van der Waals surface area (Å²) in [6.07, 6.45) is 0. The second kappa shape index (κ2) is 10.1. The molecule has 5 aromatic rings. The molecule has 2 N–H and O–H groups in total. The molecule has 0 aliphatic carbocycles. The maximum absolute atomic E-state index is 12.5. The molecule has 0 saturated carbocycles. The summed E-state index contributed by atoms with van der Waals surface area (Å²) >= 11 is 0. The van der Waals surface area contributed by atoms with E-state index in [1.807, 2.05) is 48.5 Å². The first-order valence-corrected chi connectivity index (χ1v) is 11.1. The van der Waals surface area contributed by atoms with Gasteiger partial charge in [-0.05, 0) is 36.4 Å². The molecule has 0 spiro atoms. The summed E-state index contributed by atoms with van der Waals surface area (Å²) in [5.41, 5.74) is 3.23. The van der Waals surface area contributed by atoms with E-state index < -0.39 is 0 Å². The van der Waals surface area contributed by atoms with Gasteiger partial charge in [-0.2, -0.15) is 9.61 Å². The number of rotatable bonds is 9. The Morgan fingerprint density at radius 2 is 1.69 bits per heavy atom. The summed E-state index contributed by atoms with van der Waals surface area (Å²) in [6, 6.07) is 20.1. The van der Waals surface area contributed by atoms with E-state index in [4.69, 9.17) is 14.2 Å². The average Bonchev–Trinajstić information content (AvgIpc) is 3.59. The monoisotopic (exact) mass is 485 g/mol. The predicted molar refractivity (Wildman–Crippen MR) is 131 cm³/mol. The Morgan fingerprint density at radius 3 is 2.47 bits per heavy atom. The molecule has 0 radical (unpaired) electrons. The first-order valence-electron chi connectivity index (χ1n) is 11.1. The van der Waals surface area contributed by atoms with Crippen molar-refractivity contribution in [2.75, 3.05) is 27.4 Å². The van der Waals surface area contributed by atoms with E-state index >= 15 is 0 Å². The van der Waals surface area contributed by atoms with E-state index in [9.17, 15) is 4.79 Å². The molecule has 0 aliphatic heterocycles. The van der Waals surface area contributed by atoms with Gasteiger partial charge in [-0.3, -0.25) is 9.89 Å². The molecule has 0 saturated heterocycles. The van der Waals surface area contributed by atoms with Gasteiger partial charge in [0.2, 0.25) is 5.88 Å². The number of benzene rings is 2. The normalized spacial score (nSPS) is 10.8. The quantitative estimate of drug-likeness (QED) is 0.305.